The van der Waals surface area contributed by atoms with Crippen LogP contribution < -0.4 is 0 Å². The third-order valence-corrected chi connectivity index (χ3v) is 3.18. The second kappa shape index (κ2) is 6.21. The van der Waals surface area contributed by atoms with Crippen LogP contribution in [0.1, 0.15) is 20.3 Å². The fourth-order valence-corrected chi connectivity index (χ4v) is 2.04. The van der Waals surface area contributed by atoms with E-state index in [2.05, 4.69) is 23.6 Å². The molecule has 0 aromatic heterocycles. The van der Waals surface area contributed by atoms with Gasteiger partial charge in [0.1, 0.15) is 0 Å². The zero-order valence-corrected chi connectivity index (χ0v) is 10.6. The van der Waals surface area contributed by atoms with Gasteiger partial charge in [-0.15, -0.1) is 0 Å². The number of carboxylic acid groups (broad SMARTS) is 1. The van der Waals surface area contributed by atoms with Crippen LogP contribution in [0, 0.1) is 11.8 Å². The first-order valence-corrected chi connectivity index (χ1v) is 6.12. The van der Waals surface area contributed by atoms with Gasteiger partial charge in [0, 0.05) is 26.2 Å². The summed E-state index contributed by atoms with van der Waals surface area (Å²) in [5.41, 5.74) is 0. The van der Waals surface area contributed by atoms with Gasteiger partial charge in [0.2, 0.25) is 0 Å². The molecule has 1 saturated heterocycles. The second-order valence-corrected chi connectivity index (χ2v) is 5.28. The van der Waals surface area contributed by atoms with Gasteiger partial charge in [0.15, 0.2) is 0 Å². The summed E-state index contributed by atoms with van der Waals surface area (Å²) in [6, 6.07) is 0. The van der Waals surface area contributed by atoms with Crippen LogP contribution in [-0.4, -0.2) is 60.6 Å². The predicted molar refractivity (Wildman–Crippen MR) is 64.5 cm³/mol. The summed E-state index contributed by atoms with van der Waals surface area (Å²) in [5, 5.41) is 9.12. The van der Waals surface area contributed by atoms with Crippen LogP contribution in [0.4, 0.5) is 0 Å². The lowest BCUT2D eigenvalue weighted by Crippen LogP contribution is -2.34. The Balaban J connectivity index is 2.48. The summed E-state index contributed by atoms with van der Waals surface area (Å²) in [5.74, 6) is -0.216. The summed E-state index contributed by atoms with van der Waals surface area (Å²) in [4.78, 5) is 15.5. The van der Waals surface area contributed by atoms with Crippen molar-refractivity contribution in [3.63, 3.8) is 0 Å². The molecule has 94 valence electrons. The number of carboxylic acids is 1. The number of aliphatic carboxylic acids is 1. The van der Waals surface area contributed by atoms with Crippen molar-refractivity contribution in [1.29, 1.82) is 0 Å². The first-order valence-electron chi connectivity index (χ1n) is 6.12. The third kappa shape index (κ3) is 4.49. The molecule has 0 radical (unpaired) electrons. The van der Waals surface area contributed by atoms with Crippen molar-refractivity contribution >= 4 is 5.97 Å². The van der Waals surface area contributed by atoms with E-state index in [0.29, 0.717) is 19.0 Å². The number of rotatable bonds is 4. The van der Waals surface area contributed by atoms with Crippen molar-refractivity contribution in [3.05, 3.63) is 0 Å². The van der Waals surface area contributed by atoms with Gasteiger partial charge in [-0.25, -0.2) is 0 Å². The molecule has 0 saturated carbocycles. The van der Waals surface area contributed by atoms with E-state index in [1.165, 1.54) is 0 Å². The van der Waals surface area contributed by atoms with Crippen LogP contribution in [0.25, 0.3) is 0 Å². The van der Waals surface area contributed by atoms with Crippen molar-refractivity contribution in [1.82, 2.24) is 9.80 Å². The normalized spacial score (nSPS) is 24.6. The first kappa shape index (κ1) is 13.5. The maximum absolute atomic E-state index is 11.1. The van der Waals surface area contributed by atoms with E-state index in [1.807, 2.05) is 7.05 Å². The minimum absolute atomic E-state index is 0.236. The third-order valence-electron chi connectivity index (χ3n) is 3.18. The van der Waals surface area contributed by atoms with E-state index in [0.717, 1.165) is 26.1 Å². The van der Waals surface area contributed by atoms with E-state index < -0.39 is 5.97 Å². The lowest BCUT2D eigenvalue weighted by Gasteiger charge is -2.22. The highest BCUT2D eigenvalue weighted by Crippen LogP contribution is 2.11. The average Bonchev–Trinajstić information content (AvgIpc) is 2.37. The smallest absolute Gasteiger partial charge is 0.309 e. The Morgan fingerprint density at radius 3 is 2.62 bits per heavy atom. The number of likely N-dealkylation sites (N-methyl/N-ethyl adjacent to an activating group) is 1. The maximum atomic E-state index is 11.1. The van der Waals surface area contributed by atoms with Crippen LogP contribution in [0.5, 0.6) is 0 Å². The molecular weight excluding hydrogens is 204 g/mol. The molecule has 1 unspecified atom stereocenters. The van der Waals surface area contributed by atoms with E-state index in [9.17, 15) is 4.79 Å². The quantitative estimate of drug-likeness (QED) is 0.779. The van der Waals surface area contributed by atoms with Gasteiger partial charge in [-0.05, 0) is 25.9 Å². The molecule has 4 heteroatoms. The highest BCUT2D eigenvalue weighted by Gasteiger charge is 2.25. The van der Waals surface area contributed by atoms with Crippen molar-refractivity contribution < 1.29 is 9.90 Å². The Bertz CT molecular complexity index is 231. The molecule has 0 aromatic rings. The number of hydrogen-bond donors (Lipinski definition) is 1. The maximum Gasteiger partial charge on any atom is 0.309 e. The van der Waals surface area contributed by atoms with Crippen molar-refractivity contribution in [2.75, 3.05) is 39.8 Å². The Hall–Kier alpha value is -0.610. The molecule has 1 aliphatic rings. The predicted octanol–water partition coefficient (Wildman–Crippen LogP) is 0.981. The lowest BCUT2D eigenvalue weighted by molar-refractivity contribution is -0.142. The minimum Gasteiger partial charge on any atom is -0.481 e. The van der Waals surface area contributed by atoms with Crippen LogP contribution >= 0.6 is 0 Å². The molecule has 4 nitrogen and oxygen atoms in total. The van der Waals surface area contributed by atoms with E-state index in [4.69, 9.17) is 5.11 Å². The Labute approximate surface area is 98.2 Å². The molecule has 1 N–H and O–H groups in total. The van der Waals surface area contributed by atoms with Crippen LogP contribution in [0.15, 0.2) is 0 Å². The molecule has 0 bridgehead atoms. The summed E-state index contributed by atoms with van der Waals surface area (Å²) >= 11 is 0. The fraction of sp³-hybridized carbons (Fsp3) is 0.917. The van der Waals surface area contributed by atoms with E-state index in [-0.39, 0.29) is 5.92 Å². The molecule has 0 aliphatic carbocycles. The Morgan fingerprint density at radius 1 is 1.38 bits per heavy atom. The molecular formula is C12H24N2O2. The summed E-state index contributed by atoms with van der Waals surface area (Å²) in [6.45, 7) is 8.78. The first-order chi connectivity index (χ1) is 7.49. The highest BCUT2D eigenvalue weighted by molar-refractivity contribution is 5.70. The zero-order chi connectivity index (χ0) is 12.1. The molecule has 1 aliphatic heterocycles. The van der Waals surface area contributed by atoms with Gasteiger partial charge in [0.25, 0.3) is 0 Å². The zero-order valence-electron chi connectivity index (χ0n) is 10.6. The molecule has 1 heterocycles. The SMILES string of the molecule is CC(C)CCN1CCN(C)CC(C(=O)O)C1. The van der Waals surface area contributed by atoms with Crippen molar-refractivity contribution in [3.8, 4) is 0 Å². The van der Waals surface area contributed by atoms with Crippen LogP contribution in [0.2, 0.25) is 0 Å². The average molecular weight is 228 g/mol. The van der Waals surface area contributed by atoms with Gasteiger partial charge < -0.3 is 14.9 Å². The molecule has 0 aromatic carbocycles. The standard InChI is InChI=1S/C12H24N2O2/c1-10(2)4-5-14-7-6-13(3)8-11(9-14)12(15)16/h10-11H,4-9H2,1-3H3,(H,15,16). The highest BCUT2D eigenvalue weighted by atomic mass is 16.4. The molecule has 0 amide bonds. The van der Waals surface area contributed by atoms with Crippen LogP contribution in [-0.2, 0) is 4.79 Å². The second-order valence-electron chi connectivity index (χ2n) is 5.28. The van der Waals surface area contributed by atoms with Crippen molar-refractivity contribution in [2.24, 2.45) is 11.8 Å². The summed E-state index contributed by atoms with van der Waals surface area (Å²) < 4.78 is 0. The molecule has 1 atom stereocenters. The summed E-state index contributed by atoms with van der Waals surface area (Å²) in [7, 11) is 2.00. The molecule has 0 spiro atoms. The van der Waals surface area contributed by atoms with E-state index >= 15 is 0 Å². The van der Waals surface area contributed by atoms with E-state index in [1.54, 1.807) is 0 Å². The largest absolute Gasteiger partial charge is 0.481 e. The Morgan fingerprint density at radius 2 is 2.06 bits per heavy atom. The van der Waals surface area contributed by atoms with Gasteiger partial charge in [0.05, 0.1) is 5.92 Å². The number of hydrogen-bond acceptors (Lipinski definition) is 3. The fourth-order valence-electron chi connectivity index (χ4n) is 2.04. The number of carbonyl (C=O) groups is 1. The molecule has 1 rings (SSSR count). The van der Waals surface area contributed by atoms with Gasteiger partial charge in [-0.2, -0.15) is 0 Å². The minimum atomic E-state index is -0.664. The van der Waals surface area contributed by atoms with Gasteiger partial charge in [-0.3, -0.25) is 4.79 Å². The van der Waals surface area contributed by atoms with Crippen molar-refractivity contribution in [2.45, 2.75) is 20.3 Å². The molecule has 16 heavy (non-hydrogen) atoms. The Kier molecular flexibility index (Phi) is 5.22. The van der Waals surface area contributed by atoms with Crippen LogP contribution in [0.3, 0.4) is 0 Å². The van der Waals surface area contributed by atoms with Gasteiger partial charge in [-0.1, -0.05) is 13.8 Å². The summed E-state index contributed by atoms with van der Waals surface area (Å²) in [6.07, 6.45) is 1.15. The lowest BCUT2D eigenvalue weighted by atomic mass is 10.1. The topological polar surface area (TPSA) is 43.8 Å². The number of nitrogens with zero attached hydrogens (tertiary/aromatic N) is 2. The monoisotopic (exact) mass is 228 g/mol. The molecule has 1 fully saturated rings. The van der Waals surface area contributed by atoms with Gasteiger partial charge >= 0.3 is 5.97 Å².